The van der Waals surface area contributed by atoms with Crippen molar-refractivity contribution < 1.29 is 0 Å². The van der Waals surface area contributed by atoms with Gasteiger partial charge in [-0.15, -0.1) is 0 Å². The van der Waals surface area contributed by atoms with Crippen LogP contribution in [-0.4, -0.2) is 0 Å². The van der Waals surface area contributed by atoms with E-state index in [1.165, 1.54) is 54.6 Å². The Labute approximate surface area is 358 Å². The van der Waals surface area contributed by atoms with Crippen molar-refractivity contribution in [3.63, 3.8) is 0 Å². The molecule has 2 unspecified atom stereocenters. The molecule has 2 aliphatic carbocycles. The van der Waals surface area contributed by atoms with E-state index in [1.54, 1.807) is 0 Å². The minimum absolute atomic E-state index is 0.108. The van der Waals surface area contributed by atoms with Crippen LogP contribution in [0.3, 0.4) is 0 Å². The smallest absolute Gasteiger partial charge is 0.0468 e. The van der Waals surface area contributed by atoms with Crippen LogP contribution in [0.4, 0.5) is 34.1 Å². The van der Waals surface area contributed by atoms with Crippen molar-refractivity contribution >= 4 is 72.0 Å². The van der Waals surface area contributed by atoms with Gasteiger partial charge in [-0.3, -0.25) is 0 Å². The molecule has 0 saturated heterocycles. The third-order valence-electron chi connectivity index (χ3n) is 13.0. The topological polar surface area (TPSA) is 6.48 Å². The number of rotatable bonds is 8. The molecule has 2 heteroatoms. The van der Waals surface area contributed by atoms with E-state index in [2.05, 4.69) is 247 Å². The van der Waals surface area contributed by atoms with E-state index in [-0.39, 0.29) is 5.41 Å². The fraction of sp³-hybridized carbons (Fsp3) is 0.0847. The second-order valence-electron chi connectivity index (χ2n) is 16.8. The van der Waals surface area contributed by atoms with Crippen LogP contribution in [0.25, 0.3) is 49.0 Å². The number of hydrogen-bond acceptors (Lipinski definition) is 2. The average Bonchev–Trinajstić information content (AvgIpc) is 3.32. The minimum atomic E-state index is 0.108. The zero-order valence-corrected chi connectivity index (χ0v) is 34.3. The van der Waals surface area contributed by atoms with Crippen molar-refractivity contribution in [3.05, 3.63) is 236 Å². The molecule has 11 rings (SSSR count). The summed E-state index contributed by atoms with van der Waals surface area (Å²) < 4.78 is 0. The van der Waals surface area contributed by atoms with Gasteiger partial charge in [0.05, 0.1) is 0 Å². The Hall–Kier alpha value is -7.42. The van der Waals surface area contributed by atoms with E-state index in [1.807, 2.05) is 0 Å². The van der Waals surface area contributed by atoms with Gasteiger partial charge in [-0.05, 0) is 152 Å². The van der Waals surface area contributed by atoms with E-state index in [0.29, 0.717) is 5.92 Å². The van der Waals surface area contributed by atoms with Crippen LogP contribution in [0.5, 0.6) is 0 Å². The predicted molar refractivity (Wildman–Crippen MR) is 261 cm³/mol. The van der Waals surface area contributed by atoms with Crippen LogP contribution >= 0.6 is 0 Å². The van der Waals surface area contributed by atoms with Gasteiger partial charge in [0, 0.05) is 40.0 Å². The molecule has 0 radical (unpaired) electrons. The number of hydrogen-bond donors (Lipinski definition) is 0. The van der Waals surface area contributed by atoms with Gasteiger partial charge in [0.25, 0.3) is 0 Å². The summed E-state index contributed by atoms with van der Waals surface area (Å²) >= 11 is 0. The Morgan fingerprint density at radius 3 is 1.48 bits per heavy atom. The standard InChI is InChI=1S/C59H46N2/c1-59-36-17-16-20-46(59)39-45(35-37-59)58-54-34-32-51(60(47-21-6-2-7-22-47)48-23-8-3-9-24-48)40-55(54)57(44-30-29-42-18-14-15-19-43(42)38-44)53-33-31-52(41-56(53)58)61(49-25-10-4-11-26-49)50-27-12-5-13-28-50/h2-34,36,38-41,46H,35,37H2,1H3. The molecule has 2 nitrogen and oxygen atoms in total. The van der Waals surface area contributed by atoms with Gasteiger partial charge in [0.15, 0.2) is 0 Å². The zero-order chi connectivity index (χ0) is 40.8. The van der Waals surface area contributed by atoms with Crippen molar-refractivity contribution in [2.75, 3.05) is 9.80 Å². The first-order valence-electron chi connectivity index (χ1n) is 21.5. The monoisotopic (exact) mass is 782 g/mol. The molecule has 0 spiro atoms. The maximum atomic E-state index is 2.58. The summed E-state index contributed by atoms with van der Waals surface area (Å²) in [4.78, 5) is 4.78. The number of fused-ring (bicyclic) bond motifs is 4. The number of para-hydroxylation sites is 4. The molecule has 9 aromatic rings. The highest BCUT2D eigenvalue weighted by atomic mass is 15.1. The lowest BCUT2D eigenvalue weighted by atomic mass is 9.66. The summed E-state index contributed by atoms with van der Waals surface area (Å²) in [5, 5.41) is 7.51. The largest absolute Gasteiger partial charge is 0.310 e. The van der Waals surface area contributed by atoms with Gasteiger partial charge >= 0.3 is 0 Å². The highest BCUT2D eigenvalue weighted by Crippen LogP contribution is 2.52. The molecule has 0 aromatic heterocycles. The minimum Gasteiger partial charge on any atom is -0.310 e. The van der Waals surface area contributed by atoms with Gasteiger partial charge in [0.1, 0.15) is 0 Å². The Kier molecular flexibility index (Phi) is 9.20. The third kappa shape index (κ3) is 6.62. The average molecular weight is 783 g/mol. The van der Waals surface area contributed by atoms with Crippen LogP contribution in [0.2, 0.25) is 0 Å². The van der Waals surface area contributed by atoms with Gasteiger partial charge < -0.3 is 9.80 Å². The molecule has 0 amide bonds. The number of nitrogens with zero attached hydrogens (tertiary/aromatic N) is 2. The highest BCUT2D eigenvalue weighted by Gasteiger charge is 2.35. The molecule has 0 N–H and O–H groups in total. The van der Waals surface area contributed by atoms with Crippen molar-refractivity contribution in [3.8, 4) is 11.1 Å². The SMILES string of the molecule is CC12C=CC=CC1C=C(c1c3cc(N(c4ccccc4)c4ccccc4)ccc3c(-c3ccc4ccccc4c3)c3cc(N(c4ccccc4)c4ccccc4)ccc13)CC2. The first-order chi connectivity index (χ1) is 30.1. The lowest BCUT2D eigenvalue weighted by Crippen LogP contribution is -2.27. The van der Waals surface area contributed by atoms with Gasteiger partial charge in [0.2, 0.25) is 0 Å². The maximum absolute atomic E-state index is 2.58. The zero-order valence-electron chi connectivity index (χ0n) is 34.3. The second kappa shape index (κ2) is 15.3. The maximum Gasteiger partial charge on any atom is 0.0468 e. The van der Waals surface area contributed by atoms with E-state index in [9.17, 15) is 0 Å². The molecule has 0 aliphatic heterocycles. The molecule has 2 aliphatic rings. The molecule has 2 atom stereocenters. The second-order valence-corrected chi connectivity index (χ2v) is 16.8. The molecule has 0 bridgehead atoms. The Balaban J connectivity index is 1.25. The summed E-state index contributed by atoms with van der Waals surface area (Å²) in [7, 11) is 0. The van der Waals surface area contributed by atoms with Crippen molar-refractivity contribution in [2.24, 2.45) is 11.3 Å². The summed E-state index contributed by atoms with van der Waals surface area (Å²) in [6.07, 6.45) is 14.0. The van der Waals surface area contributed by atoms with Crippen molar-refractivity contribution in [1.82, 2.24) is 0 Å². The van der Waals surface area contributed by atoms with E-state index in [4.69, 9.17) is 0 Å². The number of anilines is 6. The lowest BCUT2D eigenvalue weighted by molar-refractivity contribution is 0.319. The Morgan fingerprint density at radius 1 is 0.426 bits per heavy atom. The molecule has 0 saturated carbocycles. The molecule has 292 valence electrons. The normalized spacial score (nSPS) is 17.0. The molecular weight excluding hydrogens is 737 g/mol. The van der Waals surface area contributed by atoms with Gasteiger partial charge in [-0.25, -0.2) is 0 Å². The number of allylic oxidation sites excluding steroid dienone is 6. The van der Waals surface area contributed by atoms with Gasteiger partial charge in [-0.1, -0.05) is 159 Å². The van der Waals surface area contributed by atoms with E-state index in [0.717, 1.165) is 47.0 Å². The lowest BCUT2D eigenvalue weighted by Gasteiger charge is -2.38. The first-order valence-corrected chi connectivity index (χ1v) is 21.5. The fourth-order valence-corrected chi connectivity index (χ4v) is 9.89. The molecular formula is C59H46N2. The Morgan fingerprint density at radius 2 is 0.918 bits per heavy atom. The van der Waals surface area contributed by atoms with Crippen molar-refractivity contribution in [1.29, 1.82) is 0 Å². The van der Waals surface area contributed by atoms with Gasteiger partial charge in [-0.2, -0.15) is 0 Å². The Bertz CT molecular complexity index is 3070. The summed E-state index contributed by atoms with van der Waals surface area (Å²) in [6, 6.07) is 73.2. The molecule has 61 heavy (non-hydrogen) atoms. The highest BCUT2D eigenvalue weighted by molar-refractivity contribution is 6.20. The number of benzene rings is 9. The van der Waals surface area contributed by atoms with Crippen LogP contribution in [0.1, 0.15) is 25.3 Å². The summed E-state index contributed by atoms with van der Waals surface area (Å²) in [5.41, 5.74) is 12.1. The van der Waals surface area contributed by atoms with Crippen LogP contribution in [-0.2, 0) is 0 Å². The van der Waals surface area contributed by atoms with Crippen LogP contribution in [0.15, 0.2) is 231 Å². The van der Waals surface area contributed by atoms with E-state index < -0.39 is 0 Å². The van der Waals surface area contributed by atoms with E-state index >= 15 is 0 Å². The summed E-state index contributed by atoms with van der Waals surface area (Å²) in [6.45, 7) is 2.42. The van der Waals surface area contributed by atoms with Crippen LogP contribution < -0.4 is 9.80 Å². The quantitative estimate of drug-likeness (QED) is 0.142. The molecule has 0 fully saturated rings. The third-order valence-corrected chi connectivity index (χ3v) is 13.0. The first kappa shape index (κ1) is 36.6. The molecule has 9 aromatic carbocycles. The van der Waals surface area contributed by atoms with Crippen molar-refractivity contribution in [2.45, 2.75) is 19.8 Å². The fourth-order valence-electron chi connectivity index (χ4n) is 9.89. The molecule has 0 heterocycles. The predicted octanol–water partition coefficient (Wildman–Crippen LogP) is 16.7. The summed E-state index contributed by atoms with van der Waals surface area (Å²) in [5.74, 6) is 0.325. The van der Waals surface area contributed by atoms with Crippen LogP contribution in [0, 0.1) is 11.3 Å².